The minimum atomic E-state index is -0.190. The Morgan fingerprint density at radius 1 is 0.643 bits per heavy atom. The maximum atomic E-state index is 6.30. The smallest absolute Gasteiger partial charge is 0.503 e. The summed E-state index contributed by atoms with van der Waals surface area (Å²) < 4.78 is 8.48. The van der Waals surface area contributed by atoms with Gasteiger partial charge in [-0.3, -0.25) is 0 Å². The van der Waals surface area contributed by atoms with Crippen molar-refractivity contribution in [2.75, 3.05) is 0 Å². The summed E-state index contributed by atoms with van der Waals surface area (Å²) in [6.45, 7) is 4.50. The van der Waals surface area contributed by atoms with Gasteiger partial charge in [-0.2, -0.15) is 6.07 Å². The first kappa shape index (κ1) is 27.6. The topological polar surface area (TPSA) is 39.9 Å². The molecule has 0 radical (unpaired) electrons. The molecule has 0 saturated heterocycles. The van der Waals surface area contributed by atoms with Crippen molar-refractivity contribution in [1.29, 1.82) is 0 Å². The summed E-state index contributed by atoms with van der Waals surface area (Å²) in [4.78, 5) is 9.28. The molecule has 0 aliphatic carbocycles. The molecular formula is C37H27N3OPt. The number of nitrogens with zero attached hydrogens (tertiary/aromatic N) is 3. The van der Waals surface area contributed by atoms with Gasteiger partial charge in [0.1, 0.15) is 5.82 Å². The zero-order chi connectivity index (χ0) is 27.8. The van der Waals surface area contributed by atoms with Crippen LogP contribution in [0.3, 0.4) is 0 Å². The molecule has 0 amide bonds. The Morgan fingerprint density at radius 2 is 1.43 bits per heavy atom. The number of aromatic nitrogens is 3. The summed E-state index contributed by atoms with van der Waals surface area (Å²) in [5.74, 6) is 2.06. The molecule has 0 spiro atoms. The Balaban J connectivity index is 0.00000316. The van der Waals surface area contributed by atoms with Gasteiger partial charge in [-0.15, -0.1) is 41.3 Å². The summed E-state index contributed by atoms with van der Waals surface area (Å²) in [7, 11) is 0. The molecule has 3 aromatic heterocycles. The maximum absolute atomic E-state index is 6.30. The Kier molecular flexibility index (Phi) is 7.49. The number of para-hydroxylation sites is 1. The molecule has 0 bridgehead atoms. The number of rotatable bonds is 6. The molecule has 7 rings (SSSR count). The second kappa shape index (κ2) is 11.4. The second-order valence-electron chi connectivity index (χ2n) is 10.6. The van der Waals surface area contributed by atoms with Gasteiger partial charge >= 0.3 is 21.1 Å². The first-order valence-corrected chi connectivity index (χ1v) is 13.7. The Hall–Kier alpha value is -4.53. The van der Waals surface area contributed by atoms with Crippen molar-refractivity contribution in [2.24, 2.45) is 0 Å². The van der Waals surface area contributed by atoms with Crippen molar-refractivity contribution < 1.29 is 25.8 Å². The van der Waals surface area contributed by atoms with Crippen LogP contribution in [0.25, 0.3) is 38.9 Å². The van der Waals surface area contributed by atoms with Gasteiger partial charge in [0.15, 0.2) is 0 Å². The van der Waals surface area contributed by atoms with Crippen molar-refractivity contribution in [1.82, 2.24) is 14.5 Å². The quantitative estimate of drug-likeness (QED) is 0.161. The number of benzene rings is 4. The predicted molar refractivity (Wildman–Crippen MR) is 165 cm³/mol. The van der Waals surface area contributed by atoms with E-state index in [9.17, 15) is 0 Å². The van der Waals surface area contributed by atoms with Gasteiger partial charge < -0.3 is 14.3 Å². The molecule has 0 aliphatic rings. The summed E-state index contributed by atoms with van der Waals surface area (Å²) in [5.41, 5.74) is 5.96. The van der Waals surface area contributed by atoms with Crippen molar-refractivity contribution >= 4 is 21.8 Å². The molecule has 206 valence electrons. The average molecular weight is 725 g/mol. The van der Waals surface area contributed by atoms with Crippen LogP contribution in [0.5, 0.6) is 11.5 Å². The molecule has 4 aromatic carbocycles. The molecule has 0 aliphatic heterocycles. The van der Waals surface area contributed by atoms with E-state index in [1.807, 2.05) is 48.7 Å². The molecule has 0 fully saturated rings. The normalized spacial score (nSPS) is 11.4. The van der Waals surface area contributed by atoms with E-state index >= 15 is 0 Å². The fourth-order valence-corrected chi connectivity index (χ4v) is 5.42. The summed E-state index contributed by atoms with van der Waals surface area (Å²) in [5, 5.41) is 2.23. The third-order valence-corrected chi connectivity index (χ3v) is 7.68. The van der Waals surface area contributed by atoms with E-state index in [0.29, 0.717) is 11.5 Å². The monoisotopic (exact) mass is 724 g/mol. The first-order chi connectivity index (χ1) is 20.1. The molecule has 4 nitrogen and oxygen atoms in total. The number of fused-ring (bicyclic) bond motifs is 3. The largest absolute Gasteiger partial charge is 2.00 e. The van der Waals surface area contributed by atoms with Crippen LogP contribution in [-0.4, -0.2) is 14.5 Å². The second-order valence-corrected chi connectivity index (χ2v) is 10.6. The van der Waals surface area contributed by atoms with E-state index in [-0.39, 0.29) is 26.5 Å². The molecule has 42 heavy (non-hydrogen) atoms. The van der Waals surface area contributed by atoms with E-state index in [1.165, 1.54) is 11.1 Å². The van der Waals surface area contributed by atoms with Crippen LogP contribution in [0.15, 0.2) is 128 Å². The van der Waals surface area contributed by atoms with Gasteiger partial charge in [0, 0.05) is 34.8 Å². The van der Waals surface area contributed by atoms with E-state index in [1.54, 1.807) is 6.20 Å². The predicted octanol–water partition coefficient (Wildman–Crippen LogP) is 8.96. The molecule has 0 unspecified atom stereocenters. The number of hydrogen-bond donors (Lipinski definition) is 0. The Morgan fingerprint density at radius 3 is 2.26 bits per heavy atom. The van der Waals surface area contributed by atoms with Crippen molar-refractivity contribution in [3.05, 3.63) is 151 Å². The average Bonchev–Trinajstić information content (AvgIpc) is 3.36. The number of ether oxygens (including phenoxy) is 1. The van der Waals surface area contributed by atoms with Crippen LogP contribution < -0.4 is 4.74 Å². The zero-order valence-corrected chi connectivity index (χ0v) is 25.5. The van der Waals surface area contributed by atoms with Gasteiger partial charge in [-0.1, -0.05) is 86.1 Å². The molecular weight excluding hydrogens is 698 g/mol. The summed E-state index contributed by atoms with van der Waals surface area (Å²) in [6, 6.07) is 45.9. The minimum Gasteiger partial charge on any atom is -0.503 e. The fourth-order valence-electron chi connectivity index (χ4n) is 5.42. The van der Waals surface area contributed by atoms with Gasteiger partial charge in [-0.05, 0) is 46.5 Å². The number of hydrogen-bond acceptors (Lipinski definition) is 3. The molecule has 3 heterocycles. The van der Waals surface area contributed by atoms with E-state index in [4.69, 9.17) is 9.72 Å². The molecule has 0 saturated carbocycles. The SMILES string of the molecule is CC(C)(c1ccccc1)c1ccnc(-n2c3[c-]c(Oc4[c-]c(-c5ccccn5)ccc4)ccc3c3ccccc32)c1.[Pt+2]. The molecule has 0 N–H and O–H groups in total. The van der Waals surface area contributed by atoms with Crippen molar-refractivity contribution in [3.8, 4) is 28.6 Å². The van der Waals surface area contributed by atoms with E-state index < -0.39 is 0 Å². The zero-order valence-electron chi connectivity index (χ0n) is 23.2. The van der Waals surface area contributed by atoms with Crippen LogP contribution in [-0.2, 0) is 26.5 Å². The van der Waals surface area contributed by atoms with Gasteiger partial charge in [0.05, 0.1) is 0 Å². The third kappa shape index (κ3) is 5.04. The standard InChI is InChI=1S/C37H27N3O.Pt/c1-37(2,27-12-4-3-5-13-27)28-20-22-39-36(24-28)40-34-17-7-6-15-31(34)32-19-18-30(25-35(32)40)41-29-14-10-11-26(23-29)33-16-8-9-21-38-33;/h3-22,24H,1-2H3;/q-2;+2. The summed E-state index contributed by atoms with van der Waals surface area (Å²) in [6.07, 6.45) is 3.68. The maximum Gasteiger partial charge on any atom is 2.00 e. The first-order valence-electron chi connectivity index (χ1n) is 13.7. The van der Waals surface area contributed by atoms with Gasteiger partial charge in [0.25, 0.3) is 0 Å². The number of pyridine rings is 2. The minimum absolute atomic E-state index is 0. The Labute approximate surface area is 259 Å². The van der Waals surface area contributed by atoms with Crippen LogP contribution >= 0.6 is 0 Å². The van der Waals surface area contributed by atoms with E-state index in [2.05, 4.69) is 108 Å². The van der Waals surface area contributed by atoms with Crippen LogP contribution in [0.4, 0.5) is 0 Å². The molecule has 5 heteroatoms. The van der Waals surface area contributed by atoms with Gasteiger partial charge in [0.2, 0.25) is 0 Å². The third-order valence-electron chi connectivity index (χ3n) is 7.68. The van der Waals surface area contributed by atoms with Crippen molar-refractivity contribution in [2.45, 2.75) is 19.3 Å². The van der Waals surface area contributed by atoms with Crippen molar-refractivity contribution in [3.63, 3.8) is 0 Å². The molecule has 0 atom stereocenters. The van der Waals surface area contributed by atoms with Crippen LogP contribution in [0, 0.1) is 12.1 Å². The van der Waals surface area contributed by atoms with Crippen LogP contribution in [0.2, 0.25) is 0 Å². The molecule has 7 aromatic rings. The van der Waals surface area contributed by atoms with Crippen LogP contribution in [0.1, 0.15) is 25.0 Å². The van der Waals surface area contributed by atoms with Gasteiger partial charge in [-0.25, -0.2) is 4.98 Å². The van der Waals surface area contributed by atoms with E-state index in [0.717, 1.165) is 38.9 Å². The Bertz CT molecular complexity index is 2000. The summed E-state index contributed by atoms with van der Waals surface area (Å²) >= 11 is 0. The fraction of sp³-hybridized carbons (Fsp3) is 0.0811.